The third kappa shape index (κ3) is 4.41. The Balaban J connectivity index is 1.86. The third-order valence-electron chi connectivity index (χ3n) is 4.00. The summed E-state index contributed by atoms with van der Waals surface area (Å²) in [6.07, 6.45) is 7.48. The number of hydrogen-bond donors (Lipinski definition) is 1. The molecule has 1 aromatic rings. The Kier molecular flexibility index (Phi) is 6.19. The first kappa shape index (κ1) is 15.2. The van der Waals surface area contributed by atoms with E-state index in [2.05, 4.69) is 6.92 Å². The highest BCUT2D eigenvalue weighted by atomic mass is 16.5. The normalized spacial score (nSPS) is 17.7. The van der Waals surface area contributed by atoms with Gasteiger partial charge in [-0.05, 0) is 37.3 Å². The first-order chi connectivity index (χ1) is 9.81. The van der Waals surface area contributed by atoms with E-state index >= 15 is 0 Å². The van der Waals surface area contributed by atoms with Gasteiger partial charge in [-0.15, -0.1) is 0 Å². The highest BCUT2D eigenvalue weighted by Crippen LogP contribution is 2.29. The number of ether oxygens (including phenoxy) is 2. The molecule has 1 atom stereocenters. The smallest absolute Gasteiger partial charge is 0.161 e. The number of benzene rings is 1. The zero-order valence-corrected chi connectivity index (χ0v) is 12.5. The van der Waals surface area contributed by atoms with Gasteiger partial charge < -0.3 is 15.2 Å². The van der Waals surface area contributed by atoms with Gasteiger partial charge in [0.15, 0.2) is 11.5 Å². The molecule has 0 saturated heterocycles. The lowest BCUT2D eigenvalue weighted by Crippen LogP contribution is -2.37. The molecule has 3 nitrogen and oxygen atoms in total. The van der Waals surface area contributed by atoms with Gasteiger partial charge in [-0.2, -0.15) is 0 Å². The summed E-state index contributed by atoms with van der Waals surface area (Å²) in [4.78, 5) is 0. The van der Waals surface area contributed by atoms with Crippen LogP contribution in [0.25, 0.3) is 0 Å². The third-order valence-corrected chi connectivity index (χ3v) is 4.00. The van der Waals surface area contributed by atoms with Gasteiger partial charge in [0.2, 0.25) is 0 Å². The Hall–Kier alpha value is -1.22. The Morgan fingerprint density at radius 1 is 1.10 bits per heavy atom. The monoisotopic (exact) mass is 277 g/mol. The van der Waals surface area contributed by atoms with Gasteiger partial charge in [0, 0.05) is 6.04 Å². The van der Waals surface area contributed by atoms with E-state index in [9.17, 15) is 0 Å². The van der Waals surface area contributed by atoms with Crippen LogP contribution in [0, 0.1) is 5.92 Å². The van der Waals surface area contributed by atoms with E-state index in [1.165, 1.54) is 32.1 Å². The van der Waals surface area contributed by atoms with Crippen LogP contribution in [-0.4, -0.2) is 19.3 Å². The molecule has 2 rings (SSSR count). The van der Waals surface area contributed by atoms with Crippen molar-refractivity contribution in [3.8, 4) is 11.5 Å². The molecule has 20 heavy (non-hydrogen) atoms. The SMILES string of the molecule is CCCOc1ccccc1OCC(N)C1CCCCC1. The van der Waals surface area contributed by atoms with Crippen LogP contribution in [0.4, 0.5) is 0 Å². The van der Waals surface area contributed by atoms with Crippen molar-refractivity contribution in [1.29, 1.82) is 0 Å². The zero-order chi connectivity index (χ0) is 14.2. The van der Waals surface area contributed by atoms with Crippen molar-refractivity contribution in [2.75, 3.05) is 13.2 Å². The van der Waals surface area contributed by atoms with Gasteiger partial charge >= 0.3 is 0 Å². The van der Waals surface area contributed by atoms with Crippen molar-refractivity contribution in [2.24, 2.45) is 11.7 Å². The van der Waals surface area contributed by atoms with Crippen LogP contribution in [0.1, 0.15) is 45.4 Å². The second kappa shape index (κ2) is 8.15. The maximum Gasteiger partial charge on any atom is 0.161 e. The summed E-state index contributed by atoms with van der Waals surface area (Å²) >= 11 is 0. The van der Waals surface area contributed by atoms with Gasteiger partial charge in [0.25, 0.3) is 0 Å². The first-order valence-electron chi connectivity index (χ1n) is 7.91. The Bertz CT molecular complexity index is 388. The van der Waals surface area contributed by atoms with E-state index in [0.29, 0.717) is 12.5 Å². The fraction of sp³-hybridized carbons (Fsp3) is 0.647. The van der Waals surface area contributed by atoms with Gasteiger partial charge in [0.1, 0.15) is 6.61 Å². The van der Waals surface area contributed by atoms with E-state index in [0.717, 1.165) is 24.5 Å². The van der Waals surface area contributed by atoms with Crippen molar-refractivity contribution in [2.45, 2.75) is 51.5 Å². The van der Waals surface area contributed by atoms with Crippen molar-refractivity contribution >= 4 is 0 Å². The van der Waals surface area contributed by atoms with Crippen molar-refractivity contribution in [3.63, 3.8) is 0 Å². The fourth-order valence-electron chi connectivity index (χ4n) is 2.79. The molecule has 1 saturated carbocycles. The molecule has 0 bridgehead atoms. The van der Waals surface area contributed by atoms with Crippen LogP contribution in [0.3, 0.4) is 0 Å². The maximum absolute atomic E-state index is 6.28. The highest BCUT2D eigenvalue weighted by Gasteiger charge is 2.21. The molecule has 0 aliphatic heterocycles. The quantitative estimate of drug-likeness (QED) is 0.825. The van der Waals surface area contributed by atoms with Gasteiger partial charge in [-0.25, -0.2) is 0 Å². The molecule has 1 fully saturated rings. The van der Waals surface area contributed by atoms with E-state index in [1.807, 2.05) is 24.3 Å². The molecule has 1 unspecified atom stereocenters. The van der Waals surface area contributed by atoms with E-state index < -0.39 is 0 Å². The molecular weight excluding hydrogens is 250 g/mol. The van der Waals surface area contributed by atoms with Gasteiger partial charge in [-0.3, -0.25) is 0 Å². The molecule has 2 N–H and O–H groups in total. The Morgan fingerprint density at radius 2 is 1.75 bits per heavy atom. The minimum Gasteiger partial charge on any atom is -0.490 e. The summed E-state index contributed by atoms with van der Waals surface area (Å²) in [5.74, 6) is 2.25. The summed E-state index contributed by atoms with van der Waals surface area (Å²) in [5, 5.41) is 0. The summed E-state index contributed by atoms with van der Waals surface area (Å²) in [5.41, 5.74) is 6.28. The summed E-state index contributed by atoms with van der Waals surface area (Å²) < 4.78 is 11.6. The Morgan fingerprint density at radius 3 is 2.40 bits per heavy atom. The van der Waals surface area contributed by atoms with Crippen molar-refractivity contribution in [1.82, 2.24) is 0 Å². The predicted octanol–water partition coefficient (Wildman–Crippen LogP) is 3.76. The van der Waals surface area contributed by atoms with Crippen LogP contribution in [-0.2, 0) is 0 Å². The van der Waals surface area contributed by atoms with Gasteiger partial charge in [0.05, 0.1) is 6.61 Å². The topological polar surface area (TPSA) is 44.5 Å². The largest absolute Gasteiger partial charge is 0.490 e. The lowest BCUT2D eigenvalue weighted by Gasteiger charge is -2.27. The van der Waals surface area contributed by atoms with E-state index in [1.54, 1.807) is 0 Å². The highest BCUT2D eigenvalue weighted by molar-refractivity contribution is 5.39. The maximum atomic E-state index is 6.28. The minimum atomic E-state index is 0.134. The second-order valence-corrected chi connectivity index (χ2v) is 5.67. The average molecular weight is 277 g/mol. The lowest BCUT2D eigenvalue weighted by atomic mass is 9.84. The van der Waals surface area contributed by atoms with E-state index in [4.69, 9.17) is 15.2 Å². The predicted molar refractivity (Wildman–Crippen MR) is 82.3 cm³/mol. The van der Waals surface area contributed by atoms with Crippen LogP contribution < -0.4 is 15.2 Å². The molecule has 1 aliphatic carbocycles. The molecule has 112 valence electrons. The molecule has 0 spiro atoms. The van der Waals surface area contributed by atoms with Gasteiger partial charge in [-0.1, -0.05) is 38.3 Å². The summed E-state index contributed by atoms with van der Waals surface area (Å²) in [6.45, 7) is 3.40. The molecule has 0 radical (unpaired) electrons. The van der Waals surface area contributed by atoms with E-state index in [-0.39, 0.29) is 6.04 Å². The van der Waals surface area contributed by atoms with Crippen molar-refractivity contribution < 1.29 is 9.47 Å². The molecule has 0 amide bonds. The number of rotatable bonds is 7. The molecule has 0 aromatic heterocycles. The number of hydrogen-bond acceptors (Lipinski definition) is 3. The fourth-order valence-corrected chi connectivity index (χ4v) is 2.79. The molecule has 1 aliphatic rings. The molecule has 1 aromatic carbocycles. The standard InChI is InChI=1S/C17H27NO2/c1-2-12-19-16-10-6-7-11-17(16)20-13-15(18)14-8-4-3-5-9-14/h6-7,10-11,14-15H,2-5,8-9,12-13,18H2,1H3. The summed E-state index contributed by atoms with van der Waals surface area (Å²) in [6, 6.07) is 7.99. The molecule has 3 heteroatoms. The van der Waals surface area contributed by atoms with Crippen LogP contribution in [0.15, 0.2) is 24.3 Å². The van der Waals surface area contributed by atoms with Crippen molar-refractivity contribution in [3.05, 3.63) is 24.3 Å². The number of nitrogens with two attached hydrogens (primary N) is 1. The van der Waals surface area contributed by atoms with Crippen LogP contribution >= 0.6 is 0 Å². The summed E-state index contributed by atoms with van der Waals surface area (Å²) in [7, 11) is 0. The number of para-hydroxylation sites is 2. The Labute approximate surface area is 122 Å². The molecule has 0 heterocycles. The van der Waals surface area contributed by atoms with Crippen LogP contribution in [0.2, 0.25) is 0 Å². The average Bonchev–Trinajstić information content (AvgIpc) is 2.52. The zero-order valence-electron chi connectivity index (χ0n) is 12.5. The minimum absolute atomic E-state index is 0.134. The first-order valence-corrected chi connectivity index (χ1v) is 7.91. The van der Waals surface area contributed by atoms with Crippen LogP contribution in [0.5, 0.6) is 11.5 Å². The molecular formula is C17H27NO2. The lowest BCUT2D eigenvalue weighted by molar-refractivity contribution is 0.204. The second-order valence-electron chi connectivity index (χ2n) is 5.67.